The number of nitrogens with zero attached hydrogens (tertiary/aromatic N) is 1. The van der Waals surface area contributed by atoms with E-state index in [1.807, 2.05) is 6.92 Å². The fraction of sp³-hybridized carbons (Fsp3) is 0.385. The number of rotatable bonds is 2. The summed E-state index contributed by atoms with van der Waals surface area (Å²) < 4.78 is 0. The molecule has 0 aromatic heterocycles. The van der Waals surface area contributed by atoms with E-state index in [9.17, 15) is 9.59 Å². The van der Waals surface area contributed by atoms with Crippen LogP contribution in [-0.2, 0) is 0 Å². The summed E-state index contributed by atoms with van der Waals surface area (Å²) in [5, 5.41) is 0. The summed E-state index contributed by atoms with van der Waals surface area (Å²) in [6.07, 6.45) is 0. The maximum atomic E-state index is 12.2. The van der Waals surface area contributed by atoms with Gasteiger partial charge in [0.25, 0.3) is 11.8 Å². The van der Waals surface area contributed by atoms with Crippen LogP contribution in [0.1, 0.15) is 27.6 Å². The summed E-state index contributed by atoms with van der Waals surface area (Å²) in [5.74, 6) is -0.0865. The number of carbonyl (C=O) groups excluding carboxylic acids is 2. The van der Waals surface area contributed by atoms with Crippen LogP contribution in [0, 0.1) is 5.92 Å². The molecule has 2 atom stereocenters. The van der Waals surface area contributed by atoms with Crippen LogP contribution in [0.4, 0.5) is 0 Å². The van der Waals surface area contributed by atoms with Gasteiger partial charge in [0.2, 0.25) is 0 Å². The van der Waals surface area contributed by atoms with E-state index >= 15 is 0 Å². The molecule has 2 N–H and O–H groups in total. The molecule has 0 radical (unpaired) electrons. The molecule has 0 aliphatic carbocycles. The standard InChI is InChI=1S/C13H15N3O2/c1-8-9(6-14-15-8)7-16-12(17)10-4-2-3-5-11(10)13(16)18/h2-5,8-9,14-15H,6-7H2,1H3. The first-order chi connectivity index (χ1) is 8.68. The first-order valence-corrected chi connectivity index (χ1v) is 6.12. The van der Waals surface area contributed by atoms with Crippen molar-refractivity contribution in [1.29, 1.82) is 0 Å². The van der Waals surface area contributed by atoms with Crippen molar-refractivity contribution in [3.8, 4) is 0 Å². The molecule has 2 heterocycles. The van der Waals surface area contributed by atoms with Gasteiger partial charge in [0, 0.05) is 25.0 Å². The van der Waals surface area contributed by atoms with Gasteiger partial charge in [0.15, 0.2) is 0 Å². The first kappa shape index (κ1) is 11.4. The molecule has 2 aliphatic heterocycles. The van der Waals surface area contributed by atoms with Gasteiger partial charge in [-0.3, -0.25) is 25.3 Å². The van der Waals surface area contributed by atoms with E-state index in [0.717, 1.165) is 6.54 Å². The molecule has 1 fully saturated rings. The second-order valence-electron chi connectivity index (χ2n) is 4.84. The fourth-order valence-electron chi connectivity index (χ4n) is 2.51. The molecule has 5 heteroatoms. The maximum Gasteiger partial charge on any atom is 0.261 e. The van der Waals surface area contributed by atoms with Crippen LogP contribution < -0.4 is 10.9 Å². The van der Waals surface area contributed by atoms with Gasteiger partial charge < -0.3 is 0 Å². The Hall–Kier alpha value is -1.72. The minimum Gasteiger partial charge on any atom is -0.274 e. The van der Waals surface area contributed by atoms with Crippen LogP contribution in [0.15, 0.2) is 24.3 Å². The number of hydrogen-bond acceptors (Lipinski definition) is 4. The predicted octanol–water partition coefficient (Wildman–Crippen LogP) is 0.395. The highest BCUT2D eigenvalue weighted by molar-refractivity contribution is 6.21. The summed E-state index contributed by atoms with van der Waals surface area (Å²) in [6.45, 7) is 3.28. The number of amides is 2. The van der Waals surface area contributed by atoms with Gasteiger partial charge in [-0.15, -0.1) is 0 Å². The summed E-state index contributed by atoms with van der Waals surface area (Å²) in [5.41, 5.74) is 7.19. The summed E-state index contributed by atoms with van der Waals surface area (Å²) in [6, 6.07) is 7.26. The van der Waals surface area contributed by atoms with Crippen molar-refractivity contribution in [3.05, 3.63) is 35.4 Å². The number of benzene rings is 1. The Labute approximate surface area is 105 Å². The quantitative estimate of drug-likeness (QED) is 0.740. The van der Waals surface area contributed by atoms with E-state index in [1.165, 1.54) is 4.90 Å². The first-order valence-electron chi connectivity index (χ1n) is 6.12. The summed E-state index contributed by atoms with van der Waals surface area (Å²) in [7, 11) is 0. The van der Waals surface area contributed by atoms with Crippen molar-refractivity contribution in [2.75, 3.05) is 13.1 Å². The smallest absolute Gasteiger partial charge is 0.261 e. The molecule has 94 valence electrons. The molecule has 2 unspecified atom stereocenters. The van der Waals surface area contributed by atoms with E-state index in [-0.39, 0.29) is 23.8 Å². The van der Waals surface area contributed by atoms with Gasteiger partial charge in [-0.2, -0.15) is 0 Å². The number of fused-ring (bicyclic) bond motifs is 1. The molecule has 2 amide bonds. The van der Waals surface area contributed by atoms with Crippen molar-refractivity contribution in [2.24, 2.45) is 5.92 Å². The number of hydrazine groups is 1. The zero-order valence-electron chi connectivity index (χ0n) is 10.1. The van der Waals surface area contributed by atoms with Crippen LogP contribution in [-0.4, -0.2) is 35.8 Å². The van der Waals surface area contributed by atoms with Crippen molar-refractivity contribution in [1.82, 2.24) is 15.8 Å². The van der Waals surface area contributed by atoms with Gasteiger partial charge in [-0.1, -0.05) is 12.1 Å². The minimum atomic E-state index is -0.172. The third kappa shape index (κ3) is 1.63. The fourth-order valence-corrected chi connectivity index (χ4v) is 2.51. The van der Waals surface area contributed by atoms with Gasteiger partial charge in [-0.05, 0) is 19.1 Å². The molecular formula is C13H15N3O2. The second-order valence-corrected chi connectivity index (χ2v) is 4.84. The van der Waals surface area contributed by atoms with Crippen molar-refractivity contribution in [3.63, 3.8) is 0 Å². The topological polar surface area (TPSA) is 61.4 Å². The third-order valence-electron chi connectivity index (χ3n) is 3.70. The molecule has 0 spiro atoms. The normalized spacial score (nSPS) is 26.8. The molecule has 3 rings (SSSR count). The lowest BCUT2D eigenvalue weighted by Crippen LogP contribution is -2.38. The van der Waals surface area contributed by atoms with Gasteiger partial charge in [0.05, 0.1) is 11.1 Å². The average Bonchev–Trinajstić information content (AvgIpc) is 2.89. The SMILES string of the molecule is CC1NNCC1CN1C(=O)c2ccccc2C1=O. The van der Waals surface area contributed by atoms with Crippen LogP contribution in [0.2, 0.25) is 0 Å². The Morgan fingerprint density at radius 2 is 1.83 bits per heavy atom. The van der Waals surface area contributed by atoms with Crippen LogP contribution in [0.3, 0.4) is 0 Å². The van der Waals surface area contributed by atoms with Gasteiger partial charge in [0.1, 0.15) is 0 Å². The molecule has 0 saturated carbocycles. The van der Waals surface area contributed by atoms with Crippen LogP contribution in [0.25, 0.3) is 0 Å². The largest absolute Gasteiger partial charge is 0.274 e. The Morgan fingerprint density at radius 3 is 2.33 bits per heavy atom. The summed E-state index contributed by atoms with van der Waals surface area (Å²) in [4.78, 5) is 25.7. The van der Waals surface area contributed by atoms with E-state index < -0.39 is 0 Å². The van der Waals surface area contributed by atoms with Gasteiger partial charge >= 0.3 is 0 Å². The summed E-state index contributed by atoms with van der Waals surface area (Å²) >= 11 is 0. The number of carbonyl (C=O) groups is 2. The van der Waals surface area contributed by atoms with Crippen molar-refractivity contribution >= 4 is 11.8 Å². The molecule has 1 saturated heterocycles. The van der Waals surface area contributed by atoms with Crippen molar-refractivity contribution < 1.29 is 9.59 Å². The molecular weight excluding hydrogens is 230 g/mol. The lowest BCUT2D eigenvalue weighted by atomic mass is 10.0. The highest BCUT2D eigenvalue weighted by atomic mass is 16.2. The molecule has 1 aromatic rings. The zero-order chi connectivity index (χ0) is 12.7. The lowest BCUT2D eigenvalue weighted by Gasteiger charge is -2.20. The maximum absolute atomic E-state index is 12.2. The highest BCUT2D eigenvalue weighted by Gasteiger charge is 2.38. The molecule has 5 nitrogen and oxygen atoms in total. The molecule has 1 aromatic carbocycles. The van der Waals surface area contributed by atoms with Crippen LogP contribution in [0.5, 0.6) is 0 Å². The van der Waals surface area contributed by atoms with E-state index in [4.69, 9.17) is 0 Å². The van der Waals surface area contributed by atoms with Crippen molar-refractivity contribution in [2.45, 2.75) is 13.0 Å². The predicted molar refractivity (Wildman–Crippen MR) is 65.9 cm³/mol. The average molecular weight is 245 g/mol. The van der Waals surface area contributed by atoms with Gasteiger partial charge in [-0.25, -0.2) is 0 Å². The Bertz CT molecular complexity index is 480. The Kier molecular flexibility index (Phi) is 2.65. The number of nitrogens with one attached hydrogen (secondary N) is 2. The molecule has 2 aliphatic rings. The number of imide groups is 1. The monoisotopic (exact) mass is 245 g/mol. The third-order valence-corrected chi connectivity index (χ3v) is 3.70. The van der Waals surface area contributed by atoms with E-state index in [0.29, 0.717) is 17.7 Å². The minimum absolute atomic E-state index is 0.172. The molecule has 0 bridgehead atoms. The van der Waals surface area contributed by atoms with E-state index in [2.05, 4.69) is 10.9 Å². The Morgan fingerprint density at radius 1 is 1.22 bits per heavy atom. The second kappa shape index (κ2) is 4.19. The highest BCUT2D eigenvalue weighted by Crippen LogP contribution is 2.24. The number of hydrogen-bond donors (Lipinski definition) is 2. The Balaban J connectivity index is 1.84. The molecule has 18 heavy (non-hydrogen) atoms. The zero-order valence-corrected chi connectivity index (χ0v) is 10.1. The lowest BCUT2D eigenvalue weighted by molar-refractivity contribution is 0.0629. The van der Waals surface area contributed by atoms with Crippen LogP contribution >= 0.6 is 0 Å². The van der Waals surface area contributed by atoms with E-state index in [1.54, 1.807) is 24.3 Å².